The summed E-state index contributed by atoms with van der Waals surface area (Å²) in [4.78, 5) is 17.0. The Morgan fingerprint density at radius 2 is 1.84 bits per heavy atom. The molecule has 8 heteroatoms. The van der Waals surface area contributed by atoms with Gasteiger partial charge in [0.1, 0.15) is 22.1 Å². The van der Waals surface area contributed by atoms with E-state index in [0.717, 1.165) is 5.75 Å². The average molecular weight is 463 g/mol. The Kier molecular flexibility index (Phi) is 9.64. The van der Waals surface area contributed by atoms with Gasteiger partial charge in [0.15, 0.2) is 0 Å². The summed E-state index contributed by atoms with van der Waals surface area (Å²) in [6.45, 7) is 6.25. The van der Waals surface area contributed by atoms with Crippen molar-refractivity contribution in [3.05, 3.63) is 58.7 Å². The van der Waals surface area contributed by atoms with E-state index < -0.39 is 18.0 Å². The Morgan fingerprint density at radius 3 is 2.42 bits per heavy atom. The highest BCUT2D eigenvalue weighted by molar-refractivity contribution is 6.55. The Balaban J connectivity index is 2.12. The molecule has 1 aromatic carbocycles. The summed E-state index contributed by atoms with van der Waals surface area (Å²) in [7, 11) is 0. The molecule has 2 aromatic rings. The lowest BCUT2D eigenvalue weighted by Gasteiger charge is -2.20. The number of esters is 1. The van der Waals surface area contributed by atoms with Gasteiger partial charge in [-0.15, -0.1) is 0 Å². The van der Waals surface area contributed by atoms with Crippen LogP contribution in [-0.4, -0.2) is 17.6 Å². The highest BCUT2D eigenvalue weighted by atomic mass is 35.5. The van der Waals surface area contributed by atoms with Crippen molar-refractivity contribution in [3.63, 3.8) is 0 Å². The fourth-order valence-electron chi connectivity index (χ4n) is 2.74. The van der Waals surface area contributed by atoms with Crippen LogP contribution in [0.5, 0.6) is 17.4 Å². The number of rotatable bonds is 10. The maximum Gasteiger partial charge on any atom is 0.311 e. The summed E-state index contributed by atoms with van der Waals surface area (Å²) in [5.41, 5.74) is 0.271. The monoisotopic (exact) mass is 462 g/mol. The summed E-state index contributed by atoms with van der Waals surface area (Å²) in [6, 6.07) is 14.0. The van der Waals surface area contributed by atoms with Crippen molar-refractivity contribution in [2.75, 3.05) is 6.61 Å². The average Bonchev–Trinajstić information content (AvgIpc) is 2.73. The summed E-state index contributed by atoms with van der Waals surface area (Å²) in [5, 5.41) is 9.55. The first-order valence-electron chi connectivity index (χ1n) is 9.83. The zero-order chi connectivity index (χ0) is 22.8. The molecule has 2 atom stereocenters. The quantitative estimate of drug-likeness (QED) is 0.381. The van der Waals surface area contributed by atoms with Crippen molar-refractivity contribution in [3.8, 4) is 23.4 Å². The van der Waals surface area contributed by atoms with Crippen molar-refractivity contribution in [1.29, 1.82) is 5.26 Å². The van der Waals surface area contributed by atoms with Crippen molar-refractivity contribution in [2.45, 2.75) is 33.3 Å². The zero-order valence-corrected chi connectivity index (χ0v) is 19.1. The summed E-state index contributed by atoms with van der Waals surface area (Å²) in [5.74, 6) is 0.521. The van der Waals surface area contributed by atoms with Crippen LogP contribution in [0, 0.1) is 23.2 Å². The number of allylic oxidation sites excluding steroid dienone is 1. The SMILES string of the molecule is CCOc1ccc(Oc2cccc(C(C#N)OC(=O)C(CC=C(Cl)Cl)C(C)C)n2)cc1. The van der Waals surface area contributed by atoms with Crippen LogP contribution in [-0.2, 0) is 9.53 Å². The van der Waals surface area contributed by atoms with E-state index in [0.29, 0.717) is 18.8 Å². The molecule has 2 rings (SSSR count). The van der Waals surface area contributed by atoms with Crippen molar-refractivity contribution < 1.29 is 19.0 Å². The Morgan fingerprint density at radius 1 is 1.16 bits per heavy atom. The minimum atomic E-state index is -1.17. The van der Waals surface area contributed by atoms with E-state index in [2.05, 4.69) is 4.98 Å². The molecule has 0 amide bonds. The second kappa shape index (κ2) is 12.2. The lowest BCUT2D eigenvalue weighted by Crippen LogP contribution is -2.24. The Bertz CT molecular complexity index is 935. The number of aromatic nitrogens is 1. The number of nitriles is 1. The van der Waals surface area contributed by atoms with Gasteiger partial charge in [-0.25, -0.2) is 4.98 Å². The third kappa shape index (κ3) is 7.78. The number of hydrogen-bond donors (Lipinski definition) is 0. The van der Waals surface area contributed by atoms with Gasteiger partial charge in [-0.3, -0.25) is 4.79 Å². The van der Waals surface area contributed by atoms with E-state index in [9.17, 15) is 10.1 Å². The lowest BCUT2D eigenvalue weighted by molar-refractivity contribution is -0.153. The molecule has 0 spiro atoms. The van der Waals surface area contributed by atoms with Crippen LogP contribution < -0.4 is 9.47 Å². The molecule has 164 valence electrons. The van der Waals surface area contributed by atoms with Gasteiger partial charge < -0.3 is 14.2 Å². The largest absolute Gasteiger partial charge is 0.494 e. The molecule has 0 saturated heterocycles. The highest BCUT2D eigenvalue weighted by Gasteiger charge is 2.27. The number of carbonyl (C=O) groups excluding carboxylic acids is 1. The molecule has 2 unspecified atom stereocenters. The smallest absolute Gasteiger partial charge is 0.311 e. The predicted molar refractivity (Wildman–Crippen MR) is 119 cm³/mol. The molecule has 31 heavy (non-hydrogen) atoms. The fraction of sp³-hybridized carbons (Fsp3) is 0.348. The van der Waals surface area contributed by atoms with E-state index in [4.69, 9.17) is 37.4 Å². The first-order valence-corrected chi connectivity index (χ1v) is 10.6. The molecule has 6 nitrogen and oxygen atoms in total. The van der Waals surface area contributed by atoms with Gasteiger partial charge in [-0.2, -0.15) is 5.26 Å². The van der Waals surface area contributed by atoms with Gasteiger partial charge in [0.05, 0.1) is 18.2 Å². The van der Waals surface area contributed by atoms with Gasteiger partial charge in [0.25, 0.3) is 0 Å². The van der Waals surface area contributed by atoms with E-state index in [-0.39, 0.29) is 22.0 Å². The molecule has 0 aliphatic rings. The van der Waals surface area contributed by atoms with Crippen LogP contribution in [0.15, 0.2) is 53.0 Å². The minimum absolute atomic E-state index is 0.0296. The molecule has 0 aliphatic carbocycles. The first-order chi connectivity index (χ1) is 14.8. The first kappa shape index (κ1) is 24.5. The summed E-state index contributed by atoms with van der Waals surface area (Å²) >= 11 is 11.3. The molecular formula is C23H24Cl2N2O4. The Hall–Kier alpha value is -2.75. The number of pyridine rings is 1. The maximum atomic E-state index is 12.6. The second-order valence-corrected chi connectivity index (χ2v) is 7.94. The maximum absolute atomic E-state index is 12.6. The third-order valence-electron chi connectivity index (χ3n) is 4.36. The molecule has 0 saturated carbocycles. The summed E-state index contributed by atoms with van der Waals surface area (Å²) in [6.07, 6.45) is 0.679. The normalized spacial score (nSPS) is 12.4. The van der Waals surface area contributed by atoms with E-state index in [1.807, 2.05) is 26.8 Å². The molecule has 0 N–H and O–H groups in total. The zero-order valence-electron chi connectivity index (χ0n) is 17.5. The predicted octanol–water partition coefficient (Wildman–Crippen LogP) is 6.36. The number of nitrogens with zero attached hydrogens (tertiary/aromatic N) is 2. The fourth-order valence-corrected chi connectivity index (χ4v) is 2.92. The summed E-state index contributed by atoms with van der Waals surface area (Å²) < 4.78 is 16.7. The molecular weight excluding hydrogens is 439 g/mol. The molecule has 1 heterocycles. The topological polar surface area (TPSA) is 81.4 Å². The van der Waals surface area contributed by atoms with Crippen LogP contribution in [0.4, 0.5) is 0 Å². The molecule has 0 radical (unpaired) electrons. The molecule has 1 aromatic heterocycles. The minimum Gasteiger partial charge on any atom is -0.494 e. The van der Waals surface area contributed by atoms with Crippen LogP contribution in [0.25, 0.3) is 0 Å². The number of carbonyl (C=O) groups is 1. The van der Waals surface area contributed by atoms with Gasteiger partial charge in [-0.05, 0) is 49.6 Å². The van der Waals surface area contributed by atoms with Crippen molar-refractivity contribution in [2.24, 2.45) is 11.8 Å². The van der Waals surface area contributed by atoms with Crippen LogP contribution in [0.3, 0.4) is 0 Å². The van der Waals surface area contributed by atoms with Crippen LogP contribution in [0.1, 0.15) is 39.0 Å². The number of ether oxygens (including phenoxy) is 3. The number of halogens is 2. The van der Waals surface area contributed by atoms with Crippen molar-refractivity contribution >= 4 is 29.2 Å². The standard InChI is InChI=1S/C23H24Cl2N2O4/c1-4-29-16-8-10-17(11-9-16)30-22-7-5-6-19(27-22)20(14-26)31-23(28)18(15(2)3)12-13-21(24)25/h5-11,13,15,18,20H,4,12H2,1-3H3. The van der Waals surface area contributed by atoms with Gasteiger partial charge >= 0.3 is 5.97 Å². The van der Waals surface area contributed by atoms with Crippen LogP contribution in [0.2, 0.25) is 0 Å². The highest BCUT2D eigenvalue weighted by Crippen LogP contribution is 2.27. The van der Waals surface area contributed by atoms with E-state index in [1.54, 1.807) is 48.5 Å². The van der Waals surface area contributed by atoms with Crippen LogP contribution >= 0.6 is 23.2 Å². The van der Waals surface area contributed by atoms with Gasteiger partial charge in [0, 0.05) is 6.07 Å². The van der Waals surface area contributed by atoms with Crippen molar-refractivity contribution in [1.82, 2.24) is 4.98 Å². The Labute approximate surface area is 192 Å². The molecule has 0 bridgehead atoms. The van der Waals surface area contributed by atoms with Gasteiger partial charge in [-0.1, -0.05) is 49.2 Å². The molecule has 0 aliphatic heterocycles. The number of benzene rings is 1. The van der Waals surface area contributed by atoms with E-state index >= 15 is 0 Å². The third-order valence-corrected chi connectivity index (χ3v) is 4.66. The lowest BCUT2D eigenvalue weighted by atomic mass is 9.92. The van der Waals surface area contributed by atoms with Gasteiger partial charge in [0.2, 0.25) is 12.0 Å². The van der Waals surface area contributed by atoms with E-state index in [1.165, 1.54) is 0 Å². The molecule has 0 fully saturated rings. The second-order valence-electron chi connectivity index (χ2n) is 6.93. The number of hydrogen-bond acceptors (Lipinski definition) is 6.